The standard InChI is InChI=1S/C25H32O3/c1-8-13-27-18-11-9-16(10-12-18)21-19-14-17(24(2,3)4)15-20(25(5,6)7)22(19)28-23(21)26/h9-12,14-15,21H,8,13H2,1-7H3. The van der Waals surface area contributed by atoms with Crippen molar-refractivity contribution in [2.45, 2.75) is 71.6 Å². The van der Waals surface area contributed by atoms with E-state index in [1.807, 2.05) is 24.3 Å². The number of ether oxygens (including phenoxy) is 2. The molecule has 0 saturated heterocycles. The summed E-state index contributed by atoms with van der Waals surface area (Å²) in [5, 5.41) is 0. The van der Waals surface area contributed by atoms with E-state index in [-0.39, 0.29) is 16.8 Å². The van der Waals surface area contributed by atoms with Crippen LogP contribution < -0.4 is 9.47 Å². The minimum atomic E-state index is -0.390. The summed E-state index contributed by atoms with van der Waals surface area (Å²) >= 11 is 0. The van der Waals surface area contributed by atoms with Gasteiger partial charge in [-0.1, -0.05) is 72.7 Å². The van der Waals surface area contributed by atoms with Crippen molar-refractivity contribution >= 4 is 5.97 Å². The second-order valence-electron chi connectivity index (χ2n) is 9.71. The molecule has 0 radical (unpaired) electrons. The fourth-order valence-electron chi connectivity index (χ4n) is 3.55. The summed E-state index contributed by atoms with van der Waals surface area (Å²) in [7, 11) is 0. The number of benzene rings is 2. The van der Waals surface area contributed by atoms with Gasteiger partial charge >= 0.3 is 5.97 Å². The van der Waals surface area contributed by atoms with E-state index in [4.69, 9.17) is 9.47 Å². The molecule has 28 heavy (non-hydrogen) atoms. The zero-order chi connectivity index (χ0) is 20.7. The third kappa shape index (κ3) is 3.94. The fraction of sp³-hybridized carbons (Fsp3) is 0.480. The molecule has 1 heterocycles. The number of esters is 1. The summed E-state index contributed by atoms with van der Waals surface area (Å²) in [6, 6.07) is 12.2. The first-order chi connectivity index (χ1) is 13.0. The maximum absolute atomic E-state index is 12.9. The van der Waals surface area contributed by atoms with Gasteiger partial charge in [0.2, 0.25) is 0 Å². The SMILES string of the molecule is CCCOc1ccc(C2C(=O)Oc3c2cc(C(C)(C)C)cc3C(C)(C)C)cc1. The van der Waals surface area contributed by atoms with Crippen molar-refractivity contribution in [1.29, 1.82) is 0 Å². The van der Waals surface area contributed by atoms with Crippen LogP contribution in [-0.2, 0) is 15.6 Å². The van der Waals surface area contributed by atoms with E-state index in [1.54, 1.807) is 0 Å². The van der Waals surface area contributed by atoms with Gasteiger partial charge in [0.15, 0.2) is 0 Å². The highest BCUT2D eigenvalue weighted by molar-refractivity contribution is 5.90. The number of carbonyl (C=O) groups excluding carboxylic acids is 1. The molecule has 2 aromatic rings. The van der Waals surface area contributed by atoms with Gasteiger partial charge in [-0.05, 0) is 40.5 Å². The number of fused-ring (bicyclic) bond motifs is 1. The van der Waals surface area contributed by atoms with E-state index in [9.17, 15) is 4.79 Å². The van der Waals surface area contributed by atoms with Crippen molar-refractivity contribution in [3.63, 3.8) is 0 Å². The quantitative estimate of drug-likeness (QED) is 0.473. The normalized spacial score (nSPS) is 16.7. The molecule has 3 nitrogen and oxygen atoms in total. The summed E-state index contributed by atoms with van der Waals surface area (Å²) in [5.74, 6) is 0.977. The molecule has 0 fully saturated rings. The molecular weight excluding hydrogens is 348 g/mol. The van der Waals surface area contributed by atoms with Gasteiger partial charge in [0.25, 0.3) is 0 Å². The van der Waals surface area contributed by atoms with Crippen LogP contribution in [0.2, 0.25) is 0 Å². The zero-order valence-electron chi connectivity index (χ0n) is 18.2. The Balaban J connectivity index is 2.10. The van der Waals surface area contributed by atoms with Crippen LogP contribution in [0.25, 0.3) is 0 Å². The highest BCUT2D eigenvalue weighted by atomic mass is 16.5. The highest BCUT2D eigenvalue weighted by Crippen LogP contribution is 2.47. The van der Waals surface area contributed by atoms with Crippen LogP contribution in [-0.4, -0.2) is 12.6 Å². The lowest BCUT2D eigenvalue weighted by Gasteiger charge is -2.27. The van der Waals surface area contributed by atoms with E-state index in [0.717, 1.165) is 34.6 Å². The Morgan fingerprint density at radius 2 is 1.61 bits per heavy atom. The number of hydrogen-bond acceptors (Lipinski definition) is 3. The fourth-order valence-corrected chi connectivity index (χ4v) is 3.55. The molecule has 0 saturated carbocycles. The lowest BCUT2D eigenvalue weighted by Crippen LogP contribution is -2.17. The topological polar surface area (TPSA) is 35.5 Å². The Labute approximate surface area is 169 Å². The van der Waals surface area contributed by atoms with Crippen molar-refractivity contribution in [1.82, 2.24) is 0 Å². The summed E-state index contributed by atoms with van der Waals surface area (Å²) in [4.78, 5) is 12.9. The monoisotopic (exact) mass is 380 g/mol. The maximum atomic E-state index is 12.9. The second kappa shape index (κ2) is 7.27. The van der Waals surface area contributed by atoms with Crippen LogP contribution in [0.4, 0.5) is 0 Å². The molecule has 2 aromatic carbocycles. The Morgan fingerprint density at radius 1 is 0.964 bits per heavy atom. The Bertz CT molecular complexity index is 864. The first-order valence-electron chi connectivity index (χ1n) is 10.2. The molecule has 3 heteroatoms. The van der Waals surface area contributed by atoms with Crippen LogP contribution in [0.3, 0.4) is 0 Å². The molecule has 0 aliphatic carbocycles. The summed E-state index contributed by atoms with van der Waals surface area (Å²) in [6.45, 7) is 15.9. The maximum Gasteiger partial charge on any atom is 0.323 e. The van der Waals surface area contributed by atoms with Crippen LogP contribution in [0, 0.1) is 0 Å². The Kier molecular flexibility index (Phi) is 5.31. The lowest BCUT2D eigenvalue weighted by molar-refractivity contribution is -0.133. The van der Waals surface area contributed by atoms with Gasteiger partial charge in [-0.15, -0.1) is 0 Å². The van der Waals surface area contributed by atoms with Crippen molar-refractivity contribution in [3.05, 3.63) is 58.7 Å². The molecule has 1 aliphatic heterocycles. The van der Waals surface area contributed by atoms with Gasteiger partial charge < -0.3 is 9.47 Å². The molecule has 150 valence electrons. The first-order valence-corrected chi connectivity index (χ1v) is 10.2. The van der Waals surface area contributed by atoms with Gasteiger partial charge in [-0.3, -0.25) is 4.79 Å². The van der Waals surface area contributed by atoms with Gasteiger partial charge in [0.1, 0.15) is 17.4 Å². The zero-order valence-corrected chi connectivity index (χ0v) is 18.2. The van der Waals surface area contributed by atoms with Crippen molar-refractivity contribution in [3.8, 4) is 11.5 Å². The minimum absolute atomic E-state index is 0.0108. The molecule has 0 bridgehead atoms. The number of carbonyl (C=O) groups is 1. The molecular formula is C25H32O3. The summed E-state index contributed by atoms with van der Waals surface area (Å²) in [5.41, 5.74) is 4.11. The Hall–Kier alpha value is -2.29. The molecule has 0 aromatic heterocycles. The van der Waals surface area contributed by atoms with Gasteiger partial charge in [0, 0.05) is 11.1 Å². The van der Waals surface area contributed by atoms with Gasteiger partial charge in [-0.25, -0.2) is 0 Å². The van der Waals surface area contributed by atoms with E-state index in [0.29, 0.717) is 6.61 Å². The molecule has 0 spiro atoms. The first kappa shape index (κ1) is 20.4. The minimum Gasteiger partial charge on any atom is -0.494 e. The predicted octanol–water partition coefficient (Wildman–Crippen LogP) is 6.12. The van der Waals surface area contributed by atoms with Crippen LogP contribution >= 0.6 is 0 Å². The summed E-state index contributed by atoms with van der Waals surface area (Å²) < 4.78 is 11.5. The predicted molar refractivity (Wildman–Crippen MR) is 114 cm³/mol. The van der Waals surface area contributed by atoms with E-state index in [2.05, 4.69) is 60.6 Å². The second-order valence-corrected chi connectivity index (χ2v) is 9.71. The van der Waals surface area contributed by atoms with E-state index in [1.165, 1.54) is 5.56 Å². The van der Waals surface area contributed by atoms with Crippen LogP contribution in [0.1, 0.15) is 83.1 Å². The number of rotatable bonds is 4. The smallest absolute Gasteiger partial charge is 0.323 e. The average Bonchev–Trinajstić information content (AvgIpc) is 2.93. The highest BCUT2D eigenvalue weighted by Gasteiger charge is 2.39. The molecule has 1 aliphatic rings. The third-order valence-electron chi connectivity index (χ3n) is 5.23. The largest absolute Gasteiger partial charge is 0.494 e. The van der Waals surface area contributed by atoms with Gasteiger partial charge in [-0.2, -0.15) is 0 Å². The van der Waals surface area contributed by atoms with E-state index >= 15 is 0 Å². The van der Waals surface area contributed by atoms with Crippen molar-refractivity contribution in [2.24, 2.45) is 0 Å². The van der Waals surface area contributed by atoms with Crippen molar-refractivity contribution in [2.75, 3.05) is 6.61 Å². The number of hydrogen-bond donors (Lipinski definition) is 0. The molecule has 0 amide bonds. The van der Waals surface area contributed by atoms with Crippen LogP contribution in [0.5, 0.6) is 11.5 Å². The molecule has 1 atom stereocenters. The molecule has 0 N–H and O–H groups in total. The average molecular weight is 381 g/mol. The van der Waals surface area contributed by atoms with E-state index < -0.39 is 5.92 Å². The Morgan fingerprint density at radius 3 is 2.14 bits per heavy atom. The van der Waals surface area contributed by atoms with Crippen molar-refractivity contribution < 1.29 is 14.3 Å². The summed E-state index contributed by atoms with van der Waals surface area (Å²) in [6.07, 6.45) is 0.967. The molecule has 3 rings (SSSR count). The molecule has 1 unspecified atom stereocenters. The lowest BCUT2D eigenvalue weighted by atomic mass is 9.77. The third-order valence-corrected chi connectivity index (χ3v) is 5.23. The van der Waals surface area contributed by atoms with Gasteiger partial charge in [0.05, 0.1) is 6.61 Å². The van der Waals surface area contributed by atoms with Crippen LogP contribution in [0.15, 0.2) is 36.4 Å².